The average molecular weight is 233 g/mol. The van der Waals surface area contributed by atoms with Crippen LogP contribution < -0.4 is 5.73 Å². The number of aromatic nitrogens is 2. The Hall–Kier alpha value is -1.72. The third-order valence-corrected chi connectivity index (χ3v) is 2.67. The predicted octanol–water partition coefficient (Wildman–Crippen LogP) is 1.35. The van der Waals surface area contributed by atoms with Crippen LogP contribution in [0, 0.1) is 13.8 Å². The number of aliphatic hydroxyl groups is 1. The van der Waals surface area contributed by atoms with Crippen LogP contribution in [0.2, 0.25) is 0 Å². The molecule has 3 N–H and O–H groups in total. The van der Waals surface area contributed by atoms with E-state index in [1.807, 2.05) is 32.0 Å². The van der Waals surface area contributed by atoms with Gasteiger partial charge in [0.05, 0.1) is 12.6 Å². The van der Waals surface area contributed by atoms with Crippen LogP contribution in [0.3, 0.4) is 0 Å². The molecule has 0 saturated carbocycles. The smallest absolute Gasteiger partial charge is 0.258 e. The highest BCUT2D eigenvalue weighted by Crippen LogP contribution is 2.25. The predicted molar refractivity (Wildman–Crippen MR) is 63.2 cm³/mol. The van der Waals surface area contributed by atoms with E-state index in [2.05, 4.69) is 10.1 Å². The van der Waals surface area contributed by atoms with Crippen molar-refractivity contribution < 1.29 is 9.63 Å². The number of aliphatic hydroxyl groups excluding tert-OH is 1. The zero-order chi connectivity index (χ0) is 12.4. The van der Waals surface area contributed by atoms with E-state index in [4.69, 9.17) is 15.4 Å². The topological polar surface area (TPSA) is 85.2 Å². The molecule has 0 aliphatic carbocycles. The fourth-order valence-corrected chi connectivity index (χ4v) is 1.72. The third kappa shape index (κ3) is 2.20. The van der Waals surface area contributed by atoms with E-state index >= 15 is 0 Å². The highest BCUT2D eigenvalue weighted by molar-refractivity contribution is 5.62. The molecule has 0 fully saturated rings. The van der Waals surface area contributed by atoms with Crippen molar-refractivity contribution in [1.29, 1.82) is 0 Å². The maximum Gasteiger partial charge on any atom is 0.258 e. The summed E-state index contributed by atoms with van der Waals surface area (Å²) in [7, 11) is 0. The number of benzene rings is 1. The largest absolute Gasteiger partial charge is 0.394 e. The molecule has 0 saturated heterocycles. The molecule has 0 radical (unpaired) electrons. The van der Waals surface area contributed by atoms with Gasteiger partial charge in [-0.2, -0.15) is 4.98 Å². The first-order valence-corrected chi connectivity index (χ1v) is 5.40. The normalized spacial score (nSPS) is 12.7. The van der Waals surface area contributed by atoms with E-state index in [-0.39, 0.29) is 6.61 Å². The van der Waals surface area contributed by atoms with E-state index < -0.39 is 6.04 Å². The molecule has 1 heterocycles. The van der Waals surface area contributed by atoms with Crippen molar-refractivity contribution in [2.45, 2.75) is 19.9 Å². The Bertz CT molecular complexity index is 502. The van der Waals surface area contributed by atoms with Gasteiger partial charge in [-0.15, -0.1) is 0 Å². The SMILES string of the molecule is Cc1cccc(C)c1-c1nc(C(N)CO)no1. The fraction of sp³-hybridized carbons (Fsp3) is 0.333. The van der Waals surface area contributed by atoms with Crippen molar-refractivity contribution >= 4 is 0 Å². The van der Waals surface area contributed by atoms with Crippen molar-refractivity contribution in [2.75, 3.05) is 6.61 Å². The summed E-state index contributed by atoms with van der Waals surface area (Å²) >= 11 is 0. The lowest BCUT2D eigenvalue weighted by Crippen LogP contribution is -2.15. The number of hydrogen-bond donors (Lipinski definition) is 2. The summed E-state index contributed by atoms with van der Waals surface area (Å²) in [5, 5.41) is 12.7. The molecule has 0 amide bonds. The van der Waals surface area contributed by atoms with E-state index in [9.17, 15) is 0 Å². The van der Waals surface area contributed by atoms with Crippen molar-refractivity contribution in [1.82, 2.24) is 10.1 Å². The van der Waals surface area contributed by atoms with Gasteiger partial charge in [0.2, 0.25) is 0 Å². The van der Waals surface area contributed by atoms with Gasteiger partial charge in [-0.3, -0.25) is 0 Å². The van der Waals surface area contributed by atoms with E-state index in [0.29, 0.717) is 11.7 Å². The molecule has 1 aromatic carbocycles. The van der Waals surface area contributed by atoms with E-state index in [0.717, 1.165) is 16.7 Å². The molecule has 90 valence electrons. The molecule has 0 bridgehead atoms. The van der Waals surface area contributed by atoms with Gasteiger partial charge in [0, 0.05) is 5.56 Å². The summed E-state index contributed by atoms with van der Waals surface area (Å²) in [5.74, 6) is 0.768. The van der Waals surface area contributed by atoms with Gasteiger partial charge >= 0.3 is 0 Å². The molecule has 5 nitrogen and oxygen atoms in total. The standard InChI is InChI=1S/C12H15N3O2/c1-7-4-3-5-8(2)10(7)12-14-11(15-17-12)9(13)6-16/h3-5,9,16H,6,13H2,1-2H3. The molecule has 0 aliphatic heterocycles. The summed E-state index contributed by atoms with van der Waals surface area (Å²) in [6.45, 7) is 3.77. The van der Waals surface area contributed by atoms with Crippen LogP contribution in [-0.4, -0.2) is 21.9 Å². The summed E-state index contributed by atoms with van der Waals surface area (Å²) in [4.78, 5) is 4.21. The monoisotopic (exact) mass is 233 g/mol. The Morgan fingerprint density at radius 1 is 1.35 bits per heavy atom. The first-order chi connectivity index (χ1) is 8.13. The molecule has 1 unspecified atom stereocenters. The third-order valence-electron chi connectivity index (χ3n) is 2.67. The van der Waals surface area contributed by atoms with Crippen molar-refractivity contribution in [3.05, 3.63) is 35.2 Å². The first kappa shape index (κ1) is 11.8. The van der Waals surface area contributed by atoms with Crippen LogP contribution in [0.1, 0.15) is 23.0 Å². The molecular formula is C12H15N3O2. The van der Waals surface area contributed by atoms with Gasteiger partial charge in [-0.1, -0.05) is 23.4 Å². The van der Waals surface area contributed by atoms with Crippen molar-refractivity contribution in [2.24, 2.45) is 5.73 Å². The second-order valence-electron chi connectivity index (χ2n) is 4.01. The molecule has 0 spiro atoms. The number of hydrogen-bond acceptors (Lipinski definition) is 5. The average Bonchev–Trinajstić information content (AvgIpc) is 2.77. The van der Waals surface area contributed by atoms with Gasteiger partial charge < -0.3 is 15.4 Å². The number of nitrogens with zero attached hydrogens (tertiary/aromatic N) is 2. The van der Waals surface area contributed by atoms with Crippen LogP contribution in [0.15, 0.2) is 22.7 Å². The van der Waals surface area contributed by atoms with Crippen LogP contribution in [-0.2, 0) is 0 Å². The van der Waals surface area contributed by atoms with Crippen molar-refractivity contribution in [3.63, 3.8) is 0 Å². The van der Waals surface area contributed by atoms with E-state index in [1.165, 1.54) is 0 Å². The number of nitrogens with two attached hydrogens (primary N) is 1. The fourth-order valence-electron chi connectivity index (χ4n) is 1.72. The van der Waals surface area contributed by atoms with Gasteiger partial charge in [0.15, 0.2) is 5.82 Å². The minimum absolute atomic E-state index is 0.203. The summed E-state index contributed by atoms with van der Waals surface area (Å²) in [6, 6.07) is 5.35. The van der Waals surface area contributed by atoms with Crippen LogP contribution >= 0.6 is 0 Å². The Morgan fingerprint density at radius 3 is 2.59 bits per heavy atom. The molecular weight excluding hydrogens is 218 g/mol. The molecule has 1 aromatic heterocycles. The molecule has 5 heteroatoms. The quantitative estimate of drug-likeness (QED) is 0.835. The zero-order valence-corrected chi connectivity index (χ0v) is 9.84. The maximum absolute atomic E-state index is 8.93. The second kappa shape index (κ2) is 4.65. The maximum atomic E-state index is 8.93. The summed E-state index contributed by atoms with van der Waals surface area (Å²) in [5.41, 5.74) is 8.69. The highest BCUT2D eigenvalue weighted by atomic mass is 16.5. The van der Waals surface area contributed by atoms with Crippen molar-refractivity contribution in [3.8, 4) is 11.5 Å². The van der Waals surface area contributed by atoms with Gasteiger partial charge in [0.25, 0.3) is 5.89 Å². The minimum Gasteiger partial charge on any atom is -0.394 e. The first-order valence-electron chi connectivity index (χ1n) is 5.40. The Kier molecular flexibility index (Phi) is 3.21. The number of rotatable bonds is 3. The molecule has 2 aromatic rings. The van der Waals surface area contributed by atoms with Crippen LogP contribution in [0.25, 0.3) is 11.5 Å². The molecule has 2 rings (SSSR count). The molecule has 0 aliphatic rings. The van der Waals surface area contributed by atoms with Crippen LogP contribution in [0.5, 0.6) is 0 Å². The zero-order valence-electron chi connectivity index (χ0n) is 9.84. The lowest BCUT2D eigenvalue weighted by molar-refractivity contribution is 0.260. The van der Waals surface area contributed by atoms with Gasteiger partial charge in [-0.05, 0) is 25.0 Å². The molecule has 1 atom stereocenters. The van der Waals surface area contributed by atoms with Gasteiger partial charge in [-0.25, -0.2) is 0 Å². The Balaban J connectivity index is 2.44. The second-order valence-corrected chi connectivity index (χ2v) is 4.01. The minimum atomic E-state index is -0.600. The number of aryl methyl sites for hydroxylation is 2. The Morgan fingerprint density at radius 2 is 2.00 bits per heavy atom. The van der Waals surface area contributed by atoms with E-state index in [1.54, 1.807) is 0 Å². The lowest BCUT2D eigenvalue weighted by atomic mass is 10.0. The highest BCUT2D eigenvalue weighted by Gasteiger charge is 2.16. The Labute approximate surface area is 99.3 Å². The summed E-state index contributed by atoms with van der Waals surface area (Å²) < 4.78 is 5.18. The summed E-state index contributed by atoms with van der Waals surface area (Å²) in [6.07, 6.45) is 0. The molecule has 17 heavy (non-hydrogen) atoms. The lowest BCUT2D eigenvalue weighted by Gasteiger charge is -2.04. The van der Waals surface area contributed by atoms with Crippen LogP contribution in [0.4, 0.5) is 0 Å². The van der Waals surface area contributed by atoms with Gasteiger partial charge in [0.1, 0.15) is 0 Å².